The maximum atomic E-state index is 12.2. The zero-order valence-electron chi connectivity index (χ0n) is 14.3. The molecule has 0 radical (unpaired) electrons. The minimum absolute atomic E-state index is 0.139. The van der Waals surface area contributed by atoms with Crippen LogP contribution < -0.4 is 15.1 Å². The van der Waals surface area contributed by atoms with Crippen molar-refractivity contribution in [1.29, 1.82) is 0 Å². The largest absolute Gasteiger partial charge is 0.372 e. The molecule has 1 unspecified atom stereocenters. The van der Waals surface area contributed by atoms with Gasteiger partial charge in [-0.2, -0.15) is 0 Å². The van der Waals surface area contributed by atoms with Gasteiger partial charge in [0.05, 0.1) is 13.1 Å². The van der Waals surface area contributed by atoms with Crippen molar-refractivity contribution in [3.05, 3.63) is 24.3 Å². The van der Waals surface area contributed by atoms with Crippen LogP contribution in [-0.2, 0) is 4.79 Å². The first-order valence-corrected chi connectivity index (χ1v) is 9.19. The van der Waals surface area contributed by atoms with Crippen molar-refractivity contribution in [2.45, 2.75) is 39.0 Å². The lowest BCUT2D eigenvalue weighted by atomic mass is 10.0. The summed E-state index contributed by atoms with van der Waals surface area (Å²) in [4.78, 5) is 16.1. The molecule has 1 amide bonds. The molecular weight excluding hydrogens is 286 g/mol. The van der Waals surface area contributed by atoms with Crippen molar-refractivity contribution in [3.8, 4) is 0 Å². The van der Waals surface area contributed by atoms with Gasteiger partial charge in [0.15, 0.2) is 6.54 Å². The van der Waals surface area contributed by atoms with Gasteiger partial charge in [-0.15, -0.1) is 0 Å². The summed E-state index contributed by atoms with van der Waals surface area (Å²) >= 11 is 0. The highest BCUT2D eigenvalue weighted by molar-refractivity contribution is 5.91. The molecule has 2 fully saturated rings. The van der Waals surface area contributed by atoms with Gasteiger partial charge in [0, 0.05) is 30.4 Å². The molecule has 2 N–H and O–H groups in total. The van der Waals surface area contributed by atoms with E-state index < -0.39 is 0 Å². The highest BCUT2D eigenvalue weighted by Gasteiger charge is 2.22. The summed E-state index contributed by atoms with van der Waals surface area (Å²) in [5.74, 6) is 0.884. The third kappa shape index (κ3) is 4.71. The standard InChI is InChI=1S/C19H29N3O/c1-16-6-5-11-21(14-16)15-19(23)20-17-7-9-18(10-8-17)22-12-3-2-4-13-22/h7-10,16H,2-6,11-15H2,1H3,(H,20,23)/p+1/t16-/m1/s1. The van der Waals surface area contributed by atoms with E-state index in [9.17, 15) is 4.79 Å². The highest BCUT2D eigenvalue weighted by atomic mass is 16.2. The molecule has 2 heterocycles. The zero-order chi connectivity index (χ0) is 16.1. The second-order valence-electron chi connectivity index (χ2n) is 7.27. The number of nitrogens with one attached hydrogen (secondary N) is 2. The molecule has 2 aliphatic rings. The lowest BCUT2D eigenvalue weighted by molar-refractivity contribution is -0.900. The molecule has 4 nitrogen and oxygen atoms in total. The van der Waals surface area contributed by atoms with Crippen molar-refractivity contribution < 1.29 is 9.69 Å². The van der Waals surface area contributed by atoms with Crippen LogP contribution in [0.5, 0.6) is 0 Å². The van der Waals surface area contributed by atoms with Gasteiger partial charge in [0.25, 0.3) is 5.91 Å². The van der Waals surface area contributed by atoms with Gasteiger partial charge in [0.1, 0.15) is 0 Å². The van der Waals surface area contributed by atoms with Crippen molar-refractivity contribution in [3.63, 3.8) is 0 Å². The van der Waals surface area contributed by atoms with Gasteiger partial charge in [-0.1, -0.05) is 6.92 Å². The minimum atomic E-state index is 0.139. The number of likely N-dealkylation sites (tertiary alicyclic amines) is 1. The fraction of sp³-hybridized carbons (Fsp3) is 0.632. The van der Waals surface area contributed by atoms with Crippen molar-refractivity contribution in [1.82, 2.24) is 0 Å². The summed E-state index contributed by atoms with van der Waals surface area (Å²) in [5, 5.41) is 3.06. The monoisotopic (exact) mass is 316 g/mol. The number of hydrogen-bond acceptors (Lipinski definition) is 2. The molecule has 0 aromatic heterocycles. The van der Waals surface area contributed by atoms with Crippen molar-refractivity contribution in [2.24, 2.45) is 5.92 Å². The molecule has 0 aliphatic carbocycles. The zero-order valence-corrected chi connectivity index (χ0v) is 14.3. The summed E-state index contributed by atoms with van der Waals surface area (Å²) in [5.41, 5.74) is 2.19. The number of hydrogen-bond donors (Lipinski definition) is 2. The van der Waals surface area contributed by atoms with E-state index in [1.54, 1.807) is 0 Å². The Hall–Kier alpha value is -1.55. The Morgan fingerprint density at radius 3 is 2.61 bits per heavy atom. The van der Waals surface area contributed by atoms with Crippen LogP contribution in [0.1, 0.15) is 39.0 Å². The van der Waals surface area contributed by atoms with E-state index in [2.05, 4.69) is 29.3 Å². The Morgan fingerprint density at radius 2 is 1.91 bits per heavy atom. The second kappa shape index (κ2) is 7.82. The summed E-state index contributed by atoms with van der Waals surface area (Å²) in [7, 11) is 0. The van der Waals surface area contributed by atoms with Gasteiger partial charge >= 0.3 is 0 Å². The Bertz CT molecular complexity index is 508. The summed E-state index contributed by atoms with van der Waals surface area (Å²) in [6.07, 6.45) is 6.48. The molecule has 23 heavy (non-hydrogen) atoms. The maximum absolute atomic E-state index is 12.2. The normalized spacial score (nSPS) is 25.2. The summed E-state index contributed by atoms with van der Waals surface area (Å²) in [6, 6.07) is 8.35. The number of quaternary nitrogens is 1. The number of carbonyl (C=O) groups is 1. The third-order valence-corrected chi connectivity index (χ3v) is 5.15. The van der Waals surface area contributed by atoms with Crippen molar-refractivity contribution >= 4 is 17.3 Å². The number of piperidine rings is 2. The van der Waals surface area contributed by atoms with Gasteiger partial charge < -0.3 is 15.1 Å². The number of carbonyl (C=O) groups excluding carboxylic acids is 1. The topological polar surface area (TPSA) is 36.8 Å². The van der Waals surface area contributed by atoms with E-state index in [1.807, 2.05) is 12.1 Å². The number of nitrogens with zero attached hydrogens (tertiary/aromatic N) is 1. The number of amides is 1. The Labute approximate surface area is 139 Å². The smallest absolute Gasteiger partial charge is 0.279 e. The molecule has 0 bridgehead atoms. The molecule has 3 rings (SSSR count). The molecule has 1 aromatic carbocycles. The van der Waals surface area contributed by atoms with Crippen LogP contribution in [0.25, 0.3) is 0 Å². The highest BCUT2D eigenvalue weighted by Crippen LogP contribution is 2.21. The van der Waals surface area contributed by atoms with Crippen LogP contribution in [0.4, 0.5) is 11.4 Å². The van der Waals surface area contributed by atoms with Crippen LogP contribution in [0, 0.1) is 5.92 Å². The third-order valence-electron chi connectivity index (χ3n) is 5.15. The SMILES string of the molecule is C[C@@H]1CCC[NH+](CC(=O)Nc2ccc(N3CCCCC3)cc2)C1. The Morgan fingerprint density at radius 1 is 1.17 bits per heavy atom. The number of rotatable bonds is 4. The van der Waals surface area contributed by atoms with E-state index in [-0.39, 0.29) is 5.91 Å². The van der Waals surface area contributed by atoms with Crippen LogP contribution in [0.3, 0.4) is 0 Å². The Kier molecular flexibility index (Phi) is 5.55. The molecule has 0 spiro atoms. The Balaban J connectivity index is 1.50. The summed E-state index contributed by atoms with van der Waals surface area (Å²) in [6.45, 7) is 7.45. The molecule has 2 aliphatic heterocycles. The number of benzene rings is 1. The molecule has 0 saturated carbocycles. The predicted molar refractivity (Wildman–Crippen MR) is 95.1 cm³/mol. The average molecular weight is 316 g/mol. The lowest BCUT2D eigenvalue weighted by Crippen LogP contribution is -3.14. The fourth-order valence-electron chi connectivity index (χ4n) is 3.90. The van der Waals surface area contributed by atoms with Gasteiger partial charge in [-0.25, -0.2) is 0 Å². The number of anilines is 2. The van der Waals surface area contributed by atoms with Gasteiger partial charge in [-0.05, 0) is 56.4 Å². The molecular formula is C19H30N3O+. The van der Waals surface area contributed by atoms with Crippen LogP contribution in [0.2, 0.25) is 0 Å². The first-order valence-electron chi connectivity index (χ1n) is 9.19. The van der Waals surface area contributed by atoms with Gasteiger partial charge in [-0.3, -0.25) is 4.79 Å². The summed E-state index contributed by atoms with van der Waals surface area (Å²) < 4.78 is 0. The second-order valence-corrected chi connectivity index (χ2v) is 7.27. The maximum Gasteiger partial charge on any atom is 0.279 e. The molecule has 2 saturated heterocycles. The van der Waals surface area contributed by atoms with Crippen LogP contribution in [-0.4, -0.2) is 38.6 Å². The lowest BCUT2D eigenvalue weighted by Gasteiger charge is -2.29. The minimum Gasteiger partial charge on any atom is -0.372 e. The predicted octanol–water partition coefficient (Wildman–Crippen LogP) is 1.93. The van der Waals surface area contributed by atoms with E-state index in [0.717, 1.165) is 37.8 Å². The van der Waals surface area contributed by atoms with E-state index >= 15 is 0 Å². The molecule has 2 atom stereocenters. The fourth-order valence-corrected chi connectivity index (χ4v) is 3.90. The van der Waals surface area contributed by atoms with E-state index in [4.69, 9.17) is 0 Å². The molecule has 4 heteroatoms. The van der Waals surface area contributed by atoms with E-state index in [0.29, 0.717) is 6.54 Å². The van der Waals surface area contributed by atoms with E-state index in [1.165, 1.54) is 42.7 Å². The average Bonchev–Trinajstić information content (AvgIpc) is 2.56. The molecule has 1 aromatic rings. The molecule has 126 valence electrons. The first-order chi connectivity index (χ1) is 11.2. The first kappa shape index (κ1) is 16.3. The van der Waals surface area contributed by atoms with Crippen LogP contribution in [0.15, 0.2) is 24.3 Å². The quantitative estimate of drug-likeness (QED) is 0.890. The van der Waals surface area contributed by atoms with Crippen molar-refractivity contribution in [2.75, 3.05) is 42.9 Å². The van der Waals surface area contributed by atoms with Crippen LogP contribution >= 0.6 is 0 Å². The van der Waals surface area contributed by atoms with Gasteiger partial charge in [0.2, 0.25) is 0 Å².